The summed E-state index contributed by atoms with van der Waals surface area (Å²) >= 11 is 8.14. The van der Waals surface area contributed by atoms with Gasteiger partial charge in [-0.3, -0.25) is 9.78 Å². The molecule has 0 atom stereocenters. The van der Waals surface area contributed by atoms with Crippen LogP contribution in [-0.2, 0) is 0 Å². The average molecular weight is 524 g/mol. The Labute approximate surface area is 201 Å². The number of aromatic nitrogens is 3. The highest BCUT2D eigenvalue weighted by Gasteiger charge is 2.22. The number of halogens is 4. The molecular weight excluding hydrogens is 511 g/mol. The summed E-state index contributed by atoms with van der Waals surface area (Å²) in [6, 6.07) is 4.08. The Kier molecular flexibility index (Phi) is 5.50. The molecule has 0 amide bonds. The summed E-state index contributed by atoms with van der Waals surface area (Å²) in [5, 5.41) is 0.472. The van der Waals surface area contributed by atoms with Crippen molar-refractivity contribution in [1.82, 2.24) is 14.5 Å². The molecule has 4 heterocycles. The van der Waals surface area contributed by atoms with E-state index in [0.29, 0.717) is 20.5 Å². The quantitative estimate of drug-likeness (QED) is 0.310. The number of hydrogen-bond acceptors (Lipinski definition) is 6. The SMILES string of the molecule is COc1cc(-c2cc3[nH]c(=O)n(-c4cncc5sc(C(F)F)c(C)c45)c(=O)c3s2)c(Cl)cc1F. The van der Waals surface area contributed by atoms with E-state index in [9.17, 15) is 22.8 Å². The number of ether oxygens (including phenoxy) is 1. The van der Waals surface area contributed by atoms with Crippen LogP contribution in [0.1, 0.15) is 16.9 Å². The summed E-state index contributed by atoms with van der Waals surface area (Å²) < 4.78 is 47.4. The first kappa shape index (κ1) is 22.6. The van der Waals surface area contributed by atoms with E-state index in [0.717, 1.165) is 33.3 Å². The van der Waals surface area contributed by atoms with E-state index in [1.165, 1.54) is 32.5 Å². The zero-order valence-corrected chi connectivity index (χ0v) is 19.8. The van der Waals surface area contributed by atoms with Crippen LogP contribution in [0.15, 0.2) is 40.2 Å². The molecule has 0 fully saturated rings. The largest absolute Gasteiger partial charge is 0.494 e. The first-order valence-electron chi connectivity index (χ1n) is 9.69. The van der Waals surface area contributed by atoms with Gasteiger partial charge in [0, 0.05) is 22.0 Å². The Balaban J connectivity index is 1.77. The van der Waals surface area contributed by atoms with Crippen LogP contribution in [0.5, 0.6) is 5.75 Å². The molecule has 0 saturated carbocycles. The third kappa shape index (κ3) is 3.42. The minimum Gasteiger partial charge on any atom is -0.494 e. The van der Waals surface area contributed by atoms with Crippen molar-refractivity contribution in [3.8, 4) is 21.9 Å². The lowest BCUT2D eigenvalue weighted by molar-refractivity contribution is 0.155. The lowest BCUT2D eigenvalue weighted by atomic mass is 10.1. The molecule has 1 aromatic carbocycles. The molecule has 174 valence electrons. The summed E-state index contributed by atoms with van der Waals surface area (Å²) in [5.41, 5.74) is -0.298. The third-order valence-corrected chi connectivity index (χ3v) is 8.08. The van der Waals surface area contributed by atoms with Crippen molar-refractivity contribution >= 4 is 54.6 Å². The van der Waals surface area contributed by atoms with Gasteiger partial charge in [0.15, 0.2) is 11.6 Å². The minimum atomic E-state index is -2.69. The maximum atomic E-state index is 14.0. The number of aromatic amines is 1. The fourth-order valence-electron chi connectivity index (χ4n) is 3.81. The second-order valence-electron chi connectivity index (χ2n) is 7.31. The number of hydrogen-bond donors (Lipinski definition) is 1. The van der Waals surface area contributed by atoms with Gasteiger partial charge in [-0.25, -0.2) is 22.5 Å². The van der Waals surface area contributed by atoms with Gasteiger partial charge in [0.2, 0.25) is 0 Å². The predicted octanol–water partition coefficient (Wildman–Crippen LogP) is 6.06. The zero-order chi connectivity index (χ0) is 24.3. The van der Waals surface area contributed by atoms with Crippen LogP contribution in [0.25, 0.3) is 36.4 Å². The number of methoxy groups -OCH3 is 1. The molecule has 5 rings (SSSR count). The van der Waals surface area contributed by atoms with Gasteiger partial charge in [0.05, 0.1) is 39.1 Å². The van der Waals surface area contributed by atoms with Crippen LogP contribution >= 0.6 is 34.3 Å². The number of aryl methyl sites for hydroxylation is 1. The topological polar surface area (TPSA) is 77.0 Å². The average Bonchev–Trinajstić information content (AvgIpc) is 3.36. The molecule has 0 bridgehead atoms. The van der Waals surface area contributed by atoms with E-state index in [4.69, 9.17) is 16.3 Å². The number of H-pyrrole nitrogens is 1. The van der Waals surface area contributed by atoms with Crippen LogP contribution in [0.4, 0.5) is 13.2 Å². The summed E-state index contributed by atoms with van der Waals surface area (Å²) in [7, 11) is 1.32. The van der Waals surface area contributed by atoms with Crippen LogP contribution in [0, 0.1) is 12.7 Å². The number of nitrogens with zero attached hydrogens (tertiary/aromatic N) is 2. The number of rotatable bonds is 4. The molecule has 1 N–H and O–H groups in total. The predicted molar refractivity (Wildman–Crippen MR) is 128 cm³/mol. The van der Waals surface area contributed by atoms with Crippen molar-refractivity contribution in [2.45, 2.75) is 13.3 Å². The molecule has 0 spiro atoms. The fourth-order valence-corrected chi connectivity index (χ4v) is 6.25. The maximum Gasteiger partial charge on any atom is 0.333 e. The zero-order valence-electron chi connectivity index (χ0n) is 17.4. The third-order valence-electron chi connectivity index (χ3n) is 5.38. The van der Waals surface area contributed by atoms with Gasteiger partial charge in [-0.15, -0.1) is 22.7 Å². The molecule has 0 saturated heterocycles. The number of pyridine rings is 1. The summed E-state index contributed by atoms with van der Waals surface area (Å²) in [6.07, 6.45) is 0.0311. The number of benzene rings is 1. The molecule has 0 aliphatic rings. The fraction of sp³-hybridized carbons (Fsp3) is 0.136. The minimum absolute atomic E-state index is 0.0247. The summed E-state index contributed by atoms with van der Waals surface area (Å²) in [5.74, 6) is -0.661. The van der Waals surface area contributed by atoms with Crippen molar-refractivity contribution in [3.63, 3.8) is 0 Å². The van der Waals surface area contributed by atoms with Crippen LogP contribution in [0.3, 0.4) is 0 Å². The van der Waals surface area contributed by atoms with Gasteiger partial charge in [0.25, 0.3) is 12.0 Å². The summed E-state index contributed by atoms with van der Waals surface area (Å²) in [4.78, 5) is 33.4. The number of thiophene rings is 2. The number of fused-ring (bicyclic) bond motifs is 2. The van der Waals surface area contributed by atoms with E-state index < -0.39 is 23.5 Å². The molecule has 4 aromatic heterocycles. The van der Waals surface area contributed by atoms with Crippen LogP contribution in [-0.4, -0.2) is 21.6 Å². The monoisotopic (exact) mass is 523 g/mol. The first-order valence-corrected chi connectivity index (χ1v) is 11.7. The highest BCUT2D eigenvalue weighted by Crippen LogP contribution is 2.40. The standard InChI is InChI=1S/C22H13ClF3N3O3S2/c1-8-17-13(6-27-7-16(17)34-18(8)20(25)26)29-21(30)19-12(28-22(29)31)5-15(33-19)9-3-14(32-2)11(24)4-10(9)23/h3-7,20H,1-2H3,(H,28,31). The molecule has 5 aromatic rings. The molecule has 0 radical (unpaired) electrons. The lowest BCUT2D eigenvalue weighted by Gasteiger charge is -2.07. The number of nitrogens with one attached hydrogen (secondary N) is 1. The van der Waals surface area contributed by atoms with Crippen molar-refractivity contribution in [3.05, 3.63) is 72.7 Å². The molecule has 0 aliphatic heterocycles. The molecule has 34 heavy (non-hydrogen) atoms. The number of alkyl halides is 2. The van der Waals surface area contributed by atoms with Crippen LogP contribution < -0.4 is 16.0 Å². The van der Waals surface area contributed by atoms with Gasteiger partial charge in [0.1, 0.15) is 4.70 Å². The molecule has 6 nitrogen and oxygen atoms in total. The Morgan fingerprint density at radius 2 is 1.94 bits per heavy atom. The lowest BCUT2D eigenvalue weighted by Crippen LogP contribution is -2.33. The van der Waals surface area contributed by atoms with Crippen LogP contribution in [0.2, 0.25) is 5.02 Å². The highest BCUT2D eigenvalue weighted by molar-refractivity contribution is 7.22. The Morgan fingerprint density at radius 1 is 1.18 bits per heavy atom. The second-order valence-corrected chi connectivity index (χ2v) is 9.86. The van der Waals surface area contributed by atoms with Gasteiger partial charge >= 0.3 is 5.69 Å². The van der Waals surface area contributed by atoms with Crippen molar-refractivity contribution < 1.29 is 17.9 Å². The molecule has 0 aliphatic carbocycles. The van der Waals surface area contributed by atoms with E-state index in [1.807, 2.05) is 0 Å². The van der Waals surface area contributed by atoms with Gasteiger partial charge < -0.3 is 9.72 Å². The highest BCUT2D eigenvalue weighted by atomic mass is 35.5. The second kappa shape index (κ2) is 8.26. The van der Waals surface area contributed by atoms with E-state index >= 15 is 0 Å². The molecule has 12 heteroatoms. The Hall–Kier alpha value is -3.15. The smallest absolute Gasteiger partial charge is 0.333 e. The van der Waals surface area contributed by atoms with E-state index in [-0.39, 0.29) is 37.1 Å². The molecular formula is C22H13ClF3N3O3S2. The summed E-state index contributed by atoms with van der Waals surface area (Å²) in [6.45, 7) is 1.52. The van der Waals surface area contributed by atoms with Crippen molar-refractivity contribution in [1.29, 1.82) is 0 Å². The Bertz CT molecular complexity index is 1720. The van der Waals surface area contributed by atoms with Crippen molar-refractivity contribution in [2.75, 3.05) is 7.11 Å². The first-order chi connectivity index (χ1) is 16.2. The normalized spacial score (nSPS) is 11.7. The maximum absolute atomic E-state index is 14.0. The Morgan fingerprint density at radius 3 is 2.65 bits per heavy atom. The molecule has 0 unspecified atom stereocenters. The van der Waals surface area contributed by atoms with E-state index in [1.54, 1.807) is 6.07 Å². The van der Waals surface area contributed by atoms with Gasteiger partial charge in [-0.1, -0.05) is 11.6 Å². The van der Waals surface area contributed by atoms with E-state index in [2.05, 4.69) is 9.97 Å². The van der Waals surface area contributed by atoms with Gasteiger partial charge in [-0.05, 0) is 30.7 Å². The van der Waals surface area contributed by atoms with Gasteiger partial charge in [-0.2, -0.15) is 0 Å². The van der Waals surface area contributed by atoms with Crippen molar-refractivity contribution in [2.24, 2.45) is 0 Å².